The molecular weight excluding hydrogens is 210 g/mol. The van der Waals surface area contributed by atoms with Gasteiger partial charge in [-0.1, -0.05) is 38.8 Å². The number of nitrogens with one attached hydrogen (secondary N) is 1. The Balaban J connectivity index is 1.96. The van der Waals surface area contributed by atoms with Gasteiger partial charge in [0.25, 0.3) is 0 Å². The van der Waals surface area contributed by atoms with Crippen molar-refractivity contribution in [3.05, 3.63) is 29.8 Å². The Morgan fingerprint density at radius 1 is 1.18 bits per heavy atom. The van der Waals surface area contributed by atoms with Crippen LogP contribution in [0.5, 0.6) is 0 Å². The van der Waals surface area contributed by atoms with Crippen molar-refractivity contribution in [1.82, 2.24) is 0 Å². The van der Waals surface area contributed by atoms with E-state index in [4.69, 9.17) is 0 Å². The summed E-state index contributed by atoms with van der Waals surface area (Å²) in [4.78, 5) is 11.9. The maximum Gasteiger partial charge on any atom is 0.227 e. The van der Waals surface area contributed by atoms with E-state index in [0.29, 0.717) is 5.92 Å². The Morgan fingerprint density at radius 3 is 2.29 bits per heavy atom. The van der Waals surface area contributed by atoms with Crippen molar-refractivity contribution in [2.45, 2.75) is 45.4 Å². The Hall–Kier alpha value is -1.31. The summed E-state index contributed by atoms with van der Waals surface area (Å²) in [5.74, 6) is 0.967. The first-order valence-corrected chi connectivity index (χ1v) is 6.57. The summed E-state index contributed by atoms with van der Waals surface area (Å²) in [5.41, 5.74) is 2.23. The van der Waals surface area contributed by atoms with E-state index in [2.05, 4.69) is 31.3 Å². The van der Waals surface area contributed by atoms with Gasteiger partial charge in [0.1, 0.15) is 0 Å². The van der Waals surface area contributed by atoms with E-state index in [1.807, 2.05) is 12.1 Å². The number of carbonyl (C=O) groups excluding carboxylic acids is 1. The average Bonchev–Trinajstić information content (AvgIpc) is 2.83. The third-order valence-electron chi connectivity index (χ3n) is 3.57. The molecule has 0 spiro atoms. The summed E-state index contributed by atoms with van der Waals surface area (Å²) < 4.78 is 0. The van der Waals surface area contributed by atoms with Crippen LogP contribution < -0.4 is 5.32 Å². The van der Waals surface area contributed by atoms with Crippen LogP contribution in [0, 0.1) is 5.92 Å². The highest BCUT2D eigenvalue weighted by Gasteiger charge is 2.22. The van der Waals surface area contributed by atoms with Crippen molar-refractivity contribution in [2.24, 2.45) is 5.92 Å². The molecule has 0 bridgehead atoms. The van der Waals surface area contributed by atoms with Crippen LogP contribution in [0.1, 0.15) is 51.0 Å². The van der Waals surface area contributed by atoms with Crippen LogP contribution >= 0.6 is 0 Å². The second-order valence-electron chi connectivity index (χ2n) is 5.25. The molecule has 1 N–H and O–H groups in total. The predicted molar refractivity (Wildman–Crippen MR) is 71.1 cm³/mol. The van der Waals surface area contributed by atoms with Gasteiger partial charge in [-0.25, -0.2) is 0 Å². The molecule has 1 aliphatic carbocycles. The largest absolute Gasteiger partial charge is 0.326 e. The van der Waals surface area contributed by atoms with Crippen molar-refractivity contribution in [3.8, 4) is 0 Å². The molecule has 0 saturated heterocycles. The molecule has 1 amide bonds. The second kappa shape index (κ2) is 5.35. The van der Waals surface area contributed by atoms with E-state index in [0.717, 1.165) is 18.5 Å². The van der Waals surface area contributed by atoms with Crippen molar-refractivity contribution in [2.75, 3.05) is 5.32 Å². The van der Waals surface area contributed by atoms with Crippen LogP contribution in [0.3, 0.4) is 0 Å². The lowest BCUT2D eigenvalue weighted by molar-refractivity contribution is -0.119. The van der Waals surface area contributed by atoms with E-state index in [1.165, 1.54) is 18.4 Å². The van der Waals surface area contributed by atoms with E-state index < -0.39 is 0 Å². The Kier molecular flexibility index (Phi) is 3.82. The molecule has 2 nitrogen and oxygen atoms in total. The Morgan fingerprint density at radius 2 is 1.76 bits per heavy atom. The summed E-state index contributed by atoms with van der Waals surface area (Å²) in [6, 6.07) is 8.19. The number of rotatable bonds is 3. The topological polar surface area (TPSA) is 29.1 Å². The maximum absolute atomic E-state index is 11.9. The molecule has 0 atom stereocenters. The fourth-order valence-electron chi connectivity index (χ4n) is 2.38. The molecule has 1 aromatic carbocycles. The van der Waals surface area contributed by atoms with Gasteiger partial charge in [0.2, 0.25) is 5.91 Å². The molecule has 92 valence electrons. The number of benzene rings is 1. The molecular formula is C15H21NO. The standard InChI is InChI=1S/C15H21NO/c1-11(2)12-7-9-14(10-8-12)16-15(17)13-5-3-4-6-13/h7-11,13H,3-6H2,1-2H3,(H,16,17). The van der Waals surface area contributed by atoms with E-state index >= 15 is 0 Å². The van der Waals surface area contributed by atoms with Gasteiger partial charge in [-0.05, 0) is 36.5 Å². The third-order valence-corrected chi connectivity index (χ3v) is 3.57. The molecule has 2 rings (SSSR count). The van der Waals surface area contributed by atoms with Gasteiger partial charge >= 0.3 is 0 Å². The number of carbonyl (C=O) groups is 1. The van der Waals surface area contributed by atoms with Crippen molar-refractivity contribution >= 4 is 11.6 Å². The lowest BCUT2D eigenvalue weighted by Gasteiger charge is -2.11. The Bertz CT molecular complexity index is 374. The van der Waals surface area contributed by atoms with Crippen molar-refractivity contribution in [3.63, 3.8) is 0 Å². The van der Waals surface area contributed by atoms with E-state index in [9.17, 15) is 4.79 Å². The van der Waals surface area contributed by atoms with Gasteiger partial charge in [0.15, 0.2) is 0 Å². The van der Waals surface area contributed by atoms with Crippen LogP contribution in [0.4, 0.5) is 5.69 Å². The minimum atomic E-state index is 0.194. The first-order chi connectivity index (χ1) is 8.16. The fourth-order valence-corrected chi connectivity index (χ4v) is 2.38. The normalized spacial score (nSPS) is 16.4. The van der Waals surface area contributed by atoms with E-state index in [1.54, 1.807) is 0 Å². The van der Waals surface area contributed by atoms with Gasteiger partial charge in [-0.3, -0.25) is 4.79 Å². The zero-order valence-electron chi connectivity index (χ0n) is 10.7. The first kappa shape index (κ1) is 12.2. The van der Waals surface area contributed by atoms with E-state index in [-0.39, 0.29) is 11.8 Å². The summed E-state index contributed by atoms with van der Waals surface area (Å²) in [7, 11) is 0. The quantitative estimate of drug-likeness (QED) is 0.838. The molecule has 2 heteroatoms. The highest BCUT2D eigenvalue weighted by atomic mass is 16.1. The summed E-state index contributed by atoms with van der Waals surface area (Å²) >= 11 is 0. The molecule has 1 aromatic rings. The first-order valence-electron chi connectivity index (χ1n) is 6.57. The molecule has 1 fully saturated rings. The smallest absolute Gasteiger partial charge is 0.227 e. The molecule has 0 aliphatic heterocycles. The zero-order chi connectivity index (χ0) is 12.3. The second-order valence-corrected chi connectivity index (χ2v) is 5.25. The highest BCUT2D eigenvalue weighted by Crippen LogP contribution is 2.26. The van der Waals surface area contributed by atoms with Crippen LogP contribution in [-0.2, 0) is 4.79 Å². The molecule has 0 unspecified atom stereocenters. The lowest BCUT2D eigenvalue weighted by atomic mass is 10.0. The minimum absolute atomic E-state index is 0.194. The van der Waals surface area contributed by atoms with Gasteiger partial charge in [0, 0.05) is 11.6 Å². The molecule has 0 radical (unpaired) electrons. The summed E-state index contributed by atoms with van der Waals surface area (Å²) in [5, 5.41) is 3.01. The summed E-state index contributed by atoms with van der Waals surface area (Å²) in [6.07, 6.45) is 4.50. The number of amides is 1. The van der Waals surface area contributed by atoms with Crippen LogP contribution in [0.25, 0.3) is 0 Å². The Labute approximate surface area is 103 Å². The van der Waals surface area contributed by atoms with Gasteiger partial charge in [-0.2, -0.15) is 0 Å². The van der Waals surface area contributed by atoms with Crippen molar-refractivity contribution in [1.29, 1.82) is 0 Å². The fraction of sp³-hybridized carbons (Fsp3) is 0.533. The zero-order valence-corrected chi connectivity index (χ0v) is 10.7. The average molecular weight is 231 g/mol. The predicted octanol–water partition coefficient (Wildman–Crippen LogP) is 3.94. The van der Waals surface area contributed by atoms with Crippen molar-refractivity contribution < 1.29 is 4.79 Å². The SMILES string of the molecule is CC(C)c1ccc(NC(=O)C2CCCC2)cc1. The van der Waals surface area contributed by atoms with Gasteiger partial charge in [0.05, 0.1) is 0 Å². The highest BCUT2D eigenvalue weighted by molar-refractivity contribution is 5.92. The number of hydrogen-bond acceptors (Lipinski definition) is 1. The molecule has 1 saturated carbocycles. The van der Waals surface area contributed by atoms with Crippen LogP contribution in [-0.4, -0.2) is 5.91 Å². The third kappa shape index (κ3) is 3.09. The molecule has 1 aliphatic rings. The molecule has 0 aromatic heterocycles. The summed E-state index contributed by atoms with van der Waals surface area (Å²) in [6.45, 7) is 4.35. The number of hydrogen-bond donors (Lipinski definition) is 1. The molecule has 0 heterocycles. The monoisotopic (exact) mass is 231 g/mol. The minimum Gasteiger partial charge on any atom is -0.326 e. The lowest BCUT2D eigenvalue weighted by Crippen LogP contribution is -2.20. The molecule has 17 heavy (non-hydrogen) atoms. The number of anilines is 1. The van der Waals surface area contributed by atoms with Crippen LogP contribution in [0.2, 0.25) is 0 Å². The van der Waals surface area contributed by atoms with Crippen LogP contribution in [0.15, 0.2) is 24.3 Å². The van der Waals surface area contributed by atoms with Gasteiger partial charge < -0.3 is 5.32 Å². The van der Waals surface area contributed by atoms with Gasteiger partial charge in [-0.15, -0.1) is 0 Å². The maximum atomic E-state index is 11.9.